The third-order valence-corrected chi connectivity index (χ3v) is 8.03. The molecule has 0 aliphatic heterocycles. The van der Waals surface area contributed by atoms with E-state index in [9.17, 15) is 31.2 Å². The van der Waals surface area contributed by atoms with E-state index in [4.69, 9.17) is 11.6 Å². The van der Waals surface area contributed by atoms with Crippen molar-refractivity contribution >= 4 is 39.1 Å². The molecule has 0 saturated carbocycles. The standard InChI is InChI=1S/C27H27ClF3N3O4S/c1-18-10-12-24(13-11-18)39(37,38)34(23-9-5-7-21(15-23)27(29,30)31)17-25(35)33(19(2)26(36)32-3)16-20-6-4-8-22(28)14-20/h4-15,19H,16-17H2,1-3H3,(H,32,36)/t19-/m0/s1. The van der Waals surface area contributed by atoms with Crippen LogP contribution < -0.4 is 9.62 Å². The zero-order valence-electron chi connectivity index (χ0n) is 21.4. The minimum atomic E-state index is -4.74. The number of alkyl halides is 3. The molecule has 7 nitrogen and oxygen atoms in total. The molecule has 0 aliphatic rings. The zero-order chi connectivity index (χ0) is 29.0. The summed E-state index contributed by atoms with van der Waals surface area (Å²) in [6.45, 7) is 2.25. The van der Waals surface area contributed by atoms with Crippen molar-refractivity contribution < 1.29 is 31.2 Å². The van der Waals surface area contributed by atoms with Crippen LogP contribution >= 0.6 is 11.6 Å². The number of hydrogen-bond donors (Lipinski definition) is 1. The third kappa shape index (κ3) is 7.30. The van der Waals surface area contributed by atoms with E-state index in [1.165, 1.54) is 44.3 Å². The van der Waals surface area contributed by atoms with Gasteiger partial charge < -0.3 is 10.2 Å². The molecule has 0 saturated heterocycles. The van der Waals surface area contributed by atoms with Crippen LogP contribution in [0.5, 0.6) is 0 Å². The van der Waals surface area contributed by atoms with Crippen LogP contribution in [0, 0.1) is 6.92 Å². The first kappa shape index (κ1) is 30.0. The average molecular weight is 582 g/mol. The molecule has 12 heteroatoms. The molecule has 0 spiro atoms. The zero-order valence-corrected chi connectivity index (χ0v) is 22.9. The Kier molecular flexibility index (Phi) is 9.29. The molecule has 0 bridgehead atoms. The van der Waals surface area contributed by atoms with Gasteiger partial charge >= 0.3 is 6.18 Å². The van der Waals surface area contributed by atoms with Crippen molar-refractivity contribution in [1.82, 2.24) is 10.2 Å². The number of sulfonamides is 1. The number of amides is 2. The summed E-state index contributed by atoms with van der Waals surface area (Å²) >= 11 is 6.07. The summed E-state index contributed by atoms with van der Waals surface area (Å²) in [6, 6.07) is 14.9. The maximum atomic E-state index is 13.7. The van der Waals surface area contributed by atoms with Gasteiger partial charge in [-0.1, -0.05) is 47.5 Å². The van der Waals surface area contributed by atoms with Crippen LogP contribution in [0.3, 0.4) is 0 Å². The second kappa shape index (κ2) is 12.1. The van der Waals surface area contributed by atoms with Crippen LogP contribution in [0.2, 0.25) is 5.02 Å². The van der Waals surface area contributed by atoms with Gasteiger partial charge in [0.1, 0.15) is 12.6 Å². The summed E-state index contributed by atoms with van der Waals surface area (Å²) in [7, 11) is -3.11. The van der Waals surface area contributed by atoms with E-state index in [1.807, 2.05) is 0 Å². The quantitative estimate of drug-likeness (QED) is 0.384. The molecule has 3 rings (SSSR count). The maximum absolute atomic E-state index is 13.7. The molecule has 2 amide bonds. The Hall–Kier alpha value is -3.57. The SMILES string of the molecule is CNC(=O)[C@H](C)N(Cc1cccc(Cl)c1)C(=O)CN(c1cccc(C(F)(F)F)c1)S(=O)(=O)c1ccc(C)cc1. The molecule has 3 aromatic carbocycles. The molecular weight excluding hydrogens is 555 g/mol. The van der Waals surface area contributed by atoms with Gasteiger partial charge in [0, 0.05) is 18.6 Å². The lowest BCUT2D eigenvalue weighted by Crippen LogP contribution is -2.50. The fourth-order valence-electron chi connectivity index (χ4n) is 3.83. The van der Waals surface area contributed by atoms with Crippen molar-refractivity contribution in [2.24, 2.45) is 0 Å². The van der Waals surface area contributed by atoms with Crippen molar-refractivity contribution in [2.45, 2.75) is 37.5 Å². The summed E-state index contributed by atoms with van der Waals surface area (Å²) in [4.78, 5) is 27.1. The van der Waals surface area contributed by atoms with E-state index >= 15 is 0 Å². The maximum Gasteiger partial charge on any atom is 0.416 e. The second-order valence-electron chi connectivity index (χ2n) is 8.81. The summed E-state index contributed by atoms with van der Waals surface area (Å²) in [5.41, 5.74) is -0.0959. The molecule has 39 heavy (non-hydrogen) atoms. The van der Waals surface area contributed by atoms with Crippen LogP contribution in [0.4, 0.5) is 18.9 Å². The van der Waals surface area contributed by atoms with Gasteiger partial charge in [-0.15, -0.1) is 0 Å². The van der Waals surface area contributed by atoms with E-state index in [1.54, 1.807) is 31.2 Å². The Balaban J connectivity index is 2.10. The van der Waals surface area contributed by atoms with Crippen LogP contribution in [0.15, 0.2) is 77.7 Å². The Bertz CT molecular complexity index is 1450. The first-order valence-corrected chi connectivity index (χ1v) is 13.6. The van der Waals surface area contributed by atoms with Crippen LogP contribution in [0.25, 0.3) is 0 Å². The lowest BCUT2D eigenvalue weighted by molar-refractivity contribution is -0.139. The number of aryl methyl sites for hydroxylation is 1. The number of anilines is 1. The Morgan fingerprint density at radius 1 is 1.00 bits per heavy atom. The largest absolute Gasteiger partial charge is 0.416 e. The summed E-state index contributed by atoms with van der Waals surface area (Å²) in [5, 5.41) is 2.84. The van der Waals surface area contributed by atoms with Gasteiger partial charge in [0.05, 0.1) is 16.1 Å². The summed E-state index contributed by atoms with van der Waals surface area (Å²) in [6.07, 6.45) is -4.74. The highest BCUT2D eigenvalue weighted by atomic mass is 35.5. The van der Waals surface area contributed by atoms with Crippen molar-refractivity contribution in [3.8, 4) is 0 Å². The van der Waals surface area contributed by atoms with Crippen molar-refractivity contribution in [2.75, 3.05) is 17.9 Å². The number of halogens is 4. The number of hydrogen-bond acceptors (Lipinski definition) is 4. The molecule has 0 unspecified atom stereocenters. The fraction of sp³-hybridized carbons (Fsp3) is 0.259. The lowest BCUT2D eigenvalue weighted by Gasteiger charge is -2.32. The number of nitrogens with zero attached hydrogens (tertiary/aromatic N) is 2. The smallest absolute Gasteiger partial charge is 0.357 e. The van der Waals surface area contributed by atoms with Crippen LogP contribution in [-0.2, 0) is 32.3 Å². The van der Waals surface area contributed by atoms with Gasteiger partial charge in [-0.05, 0) is 61.9 Å². The molecular formula is C27H27ClF3N3O4S. The normalized spacial score (nSPS) is 12.5. The molecule has 1 N–H and O–H groups in total. The van der Waals surface area contributed by atoms with E-state index in [-0.39, 0.29) is 17.1 Å². The molecule has 0 aromatic heterocycles. The number of carbonyl (C=O) groups excluding carboxylic acids is 2. The predicted octanol–water partition coefficient (Wildman–Crippen LogP) is 5.03. The Morgan fingerprint density at radius 3 is 2.23 bits per heavy atom. The van der Waals surface area contributed by atoms with Crippen LogP contribution in [0.1, 0.15) is 23.6 Å². The van der Waals surface area contributed by atoms with Gasteiger partial charge in [-0.3, -0.25) is 13.9 Å². The first-order valence-electron chi connectivity index (χ1n) is 11.8. The highest BCUT2D eigenvalue weighted by molar-refractivity contribution is 7.92. The highest BCUT2D eigenvalue weighted by Gasteiger charge is 2.35. The van der Waals surface area contributed by atoms with Gasteiger partial charge in [0.25, 0.3) is 10.0 Å². The molecule has 3 aromatic rings. The highest BCUT2D eigenvalue weighted by Crippen LogP contribution is 2.33. The molecule has 0 radical (unpaired) electrons. The number of rotatable bonds is 9. The Morgan fingerprint density at radius 2 is 1.64 bits per heavy atom. The van der Waals surface area contributed by atoms with E-state index < -0.39 is 46.2 Å². The monoisotopic (exact) mass is 581 g/mol. The lowest BCUT2D eigenvalue weighted by atomic mass is 10.1. The second-order valence-corrected chi connectivity index (χ2v) is 11.1. The Labute approximate surface area is 230 Å². The first-order chi connectivity index (χ1) is 18.2. The number of nitrogens with one attached hydrogen (secondary N) is 1. The minimum Gasteiger partial charge on any atom is -0.357 e. The predicted molar refractivity (Wildman–Crippen MR) is 143 cm³/mol. The topological polar surface area (TPSA) is 86.8 Å². The molecule has 0 heterocycles. The van der Waals surface area contributed by atoms with E-state index in [2.05, 4.69) is 5.32 Å². The van der Waals surface area contributed by atoms with Gasteiger partial charge in [0.2, 0.25) is 11.8 Å². The van der Waals surface area contributed by atoms with Gasteiger partial charge in [-0.25, -0.2) is 8.42 Å². The fourth-order valence-corrected chi connectivity index (χ4v) is 5.45. The number of benzene rings is 3. The van der Waals surface area contributed by atoms with Crippen molar-refractivity contribution in [1.29, 1.82) is 0 Å². The van der Waals surface area contributed by atoms with E-state index in [0.717, 1.165) is 22.6 Å². The van der Waals surface area contributed by atoms with Crippen molar-refractivity contribution in [3.05, 3.63) is 94.5 Å². The third-order valence-electron chi connectivity index (χ3n) is 6.00. The minimum absolute atomic E-state index is 0.102. The average Bonchev–Trinajstić information content (AvgIpc) is 2.89. The van der Waals surface area contributed by atoms with Gasteiger partial charge in [0.15, 0.2) is 0 Å². The van der Waals surface area contributed by atoms with E-state index in [0.29, 0.717) is 21.0 Å². The van der Waals surface area contributed by atoms with Crippen molar-refractivity contribution in [3.63, 3.8) is 0 Å². The summed E-state index contributed by atoms with van der Waals surface area (Å²) in [5.74, 6) is -1.32. The molecule has 208 valence electrons. The number of likely N-dealkylation sites (N-methyl/N-ethyl adjacent to an activating group) is 1. The van der Waals surface area contributed by atoms with Gasteiger partial charge in [-0.2, -0.15) is 13.2 Å². The molecule has 0 fully saturated rings. The molecule has 1 atom stereocenters. The molecule has 0 aliphatic carbocycles. The summed E-state index contributed by atoms with van der Waals surface area (Å²) < 4.78 is 68.5. The number of carbonyl (C=O) groups is 2. The van der Waals surface area contributed by atoms with Crippen LogP contribution in [-0.4, -0.2) is 44.8 Å².